The van der Waals surface area contributed by atoms with Crippen molar-refractivity contribution in [2.75, 3.05) is 13.2 Å². The van der Waals surface area contributed by atoms with Gasteiger partial charge < -0.3 is 20.5 Å². The van der Waals surface area contributed by atoms with E-state index in [2.05, 4.69) is 28.3 Å². The Morgan fingerprint density at radius 2 is 2.24 bits per heavy atom. The second kappa shape index (κ2) is 8.37. The van der Waals surface area contributed by atoms with E-state index in [4.69, 9.17) is 15.2 Å². The minimum atomic E-state index is 0.122. The van der Waals surface area contributed by atoms with Gasteiger partial charge in [-0.05, 0) is 18.1 Å². The van der Waals surface area contributed by atoms with Gasteiger partial charge in [-0.25, -0.2) is 9.98 Å². The van der Waals surface area contributed by atoms with Crippen LogP contribution < -0.4 is 20.5 Å². The molecule has 6 heteroatoms. The SMILES string of the molecule is CCCOc1ccc(CN=C(N)NC2CCOc3ccccc32)cn1. The highest BCUT2D eigenvalue weighted by Crippen LogP contribution is 2.31. The molecule has 1 aliphatic heterocycles. The molecule has 25 heavy (non-hydrogen) atoms. The van der Waals surface area contributed by atoms with Gasteiger partial charge in [0.05, 0.1) is 25.8 Å². The first-order chi connectivity index (χ1) is 12.3. The van der Waals surface area contributed by atoms with Gasteiger partial charge in [-0.3, -0.25) is 0 Å². The number of rotatable bonds is 6. The van der Waals surface area contributed by atoms with E-state index in [1.54, 1.807) is 6.20 Å². The molecular formula is C19H24N4O2. The Kier molecular flexibility index (Phi) is 5.72. The number of guanidine groups is 1. The van der Waals surface area contributed by atoms with Crippen LogP contribution in [0.4, 0.5) is 0 Å². The van der Waals surface area contributed by atoms with Gasteiger partial charge >= 0.3 is 0 Å². The van der Waals surface area contributed by atoms with Gasteiger partial charge in [0.25, 0.3) is 0 Å². The number of ether oxygens (including phenoxy) is 2. The van der Waals surface area contributed by atoms with Crippen molar-refractivity contribution in [3.63, 3.8) is 0 Å². The smallest absolute Gasteiger partial charge is 0.213 e. The van der Waals surface area contributed by atoms with Crippen LogP contribution in [0.5, 0.6) is 11.6 Å². The summed E-state index contributed by atoms with van der Waals surface area (Å²) in [6.45, 7) is 3.89. The molecule has 0 amide bonds. The number of hydrogen-bond donors (Lipinski definition) is 2. The molecule has 0 radical (unpaired) electrons. The lowest BCUT2D eigenvalue weighted by Crippen LogP contribution is -2.37. The molecule has 2 aromatic rings. The van der Waals surface area contributed by atoms with Crippen LogP contribution in [0.1, 0.15) is 36.9 Å². The zero-order valence-electron chi connectivity index (χ0n) is 14.4. The number of pyridine rings is 1. The maximum atomic E-state index is 6.06. The van der Waals surface area contributed by atoms with Gasteiger partial charge in [0.1, 0.15) is 5.75 Å². The minimum absolute atomic E-state index is 0.122. The number of nitrogens with one attached hydrogen (secondary N) is 1. The molecule has 2 heterocycles. The molecule has 3 N–H and O–H groups in total. The number of aromatic nitrogens is 1. The molecular weight excluding hydrogens is 316 g/mol. The molecule has 1 aromatic carbocycles. The molecule has 0 saturated heterocycles. The highest BCUT2D eigenvalue weighted by atomic mass is 16.5. The third-order valence-electron chi connectivity index (χ3n) is 3.96. The highest BCUT2D eigenvalue weighted by molar-refractivity contribution is 5.78. The fraction of sp³-hybridized carbons (Fsp3) is 0.368. The molecule has 1 aliphatic rings. The second-order valence-corrected chi connectivity index (χ2v) is 5.93. The molecule has 0 spiro atoms. The fourth-order valence-corrected chi connectivity index (χ4v) is 2.69. The number of fused-ring (bicyclic) bond motifs is 1. The first-order valence-corrected chi connectivity index (χ1v) is 8.62. The van der Waals surface area contributed by atoms with E-state index in [0.29, 0.717) is 31.6 Å². The van der Waals surface area contributed by atoms with Gasteiger partial charge in [0.2, 0.25) is 5.88 Å². The summed E-state index contributed by atoms with van der Waals surface area (Å²) in [7, 11) is 0. The maximum Gasteiger partial charge on any atom is 0.213 e. The van der Waals surface area contributed by atoms with Crippen LogP contribution in [0.3, 0.4) is 0 Å². The van der Waals surface area contributed by atoms with Crippen LogP contribution >= 0.6 is 0 Å². The van der Waals surface area contributed by atoms with Gasteiger partial charge in [0, 0.05) is 24.2 Å². The average Bonchev–Trinajstić information content (AvgIpc) is 2.66. The van der Waals surface area contributed by atoms with Crippen LogP contribution in [-0.4, -0.2) is 24.2 Å². The lowest BCUT2D eigenvalue weighted by Gasteiger charge is -2.26. The Bertz CT molecular complexity index is 716. The Morgan fingerprint density at radius 3 is 3.04 bits per heavy atom. The first-order valence-electron chi connectivity index (χ1n) is 8.62. The van der Waals surface area contributed by atoms with E-state index in [9.17, 15) is 0 Å². The number of aliphatic imine (C=N–C) groups is 1. The van der Waals surface area contributed by atoms with Crippen LogP contribution in [-0.2, 0) is 6.54 Å². The van der Waals surface area contributed by atoms with Crippen molar-refractivity contribution >= 4 is 5.96 Å². The lowest BCUT2D eigenvalue weighted by atomic mass is 10.0. The monoisotopic (exact) mass is 340 g/mol. The molecule has 0 aliphatic carbocycles. The van der Waals surface area contributed by atoms with Crippen molar-refractivity contribution in [3.8, 4) is 11.6 Å². The summed E-state index contributed by atoms with van der Waals surface area (Å²) in [5.41, 5.74) is 8.16. The van der Waals surface area contributed by atoms with E-state index in [1.165, 1.54) is 0 Å². The molecule has 1 unspecified atom stereocenters. The third-order valence-corrected chi connectivity index (χ3v) is 3.96. The molecule has 3 rings (SSSR count). The maximum absolute atomic E-state index is 6.06. The Balaban J connectivity index is 1.57. The molecule has 0 bridgehead atoms. The predicted octanol–water partition coefficient (Wildman–Crippen LogP) is 2.80. The van der Waals surface area contributed by atoms with Crippen LogP contribution in [0, 0.1) is 0 Å². The van der Waals surface area contributed by atoms with Crippen molar-refractivity contribution in [2.24, 2.45) is 10.7 Å². The summed E-state index contributed by atoms with van der Waals surface area (Å²) >= 11 is 0. The largest absolute Gasteiger partial charge is 0.493 e. The molecule has 132 valence electrons. The number of nitrogens with zero attached hydrogens (tertiary/aromatic N) is 2. The van der Waals surface area contributed by atoms with Crippen molar-refractivity contribution in [1.82, 2.24) is 10.3 Å². The number of hydrogen-bond acceptors (Lipinski definition) is 4. The Hall–Kier alpha value is -2.76. The van der Waals surface area contributed by atoms with E-state index >= 15 is 0 Å². The van der Waals surface area contributed by atoms with E-state index in [0.717, 1.165) is 29.7 Å². The lowest BCUT2D eigenvalue weighted by molar-refractivity contribution is 0.262. The van der Waals surface area contributed by atoms with E-state index in [-0.39, 0.29) is 6.04 Å². The third kappa shape index (κ3) is 4.62. The zero-order chi connectivity index (χ0) is 17.5. The fourth-order valence-electron chi connectivity index (χ4n) is 2.69. The number of nitrogens with two attached hydrogens (primary N) is 1. The summed E-state index contributed by atoms with van der Waals surface area (Å²) in [4.78, 5) is 8.69. The van der Waals surface area contributed by atoms with Crippen molar-refractivity contribution in [3.05, 3.63) is 53.7 Å². The Morgan fingerprint density at radius 1 is 1.36 bits per heavy atom. The zero-order valence-corrected chi connectivity index (χ0v) is 14.4. The van der Waals surface area contributed by atoms with Crippen LogP contribution in [0.2, 0.25) is 0 Å². The van der Waals surface area contributed by atoms with Gasteiger partial charge in [-0.1, -0.05) is 31.2 Å². The summed E-state index contributed by atoms with van der Waals surface area (Å²) in [5, 5.41) is 3.29. The van der Waals surface area contributed by atoms with Crippen molar-refractivity contribution < 1.29 is 9.47 Å². The normalized spacial score (nSPS) is 16.7. The quantitative estimate of drug-likeness (QED) is 0.624. The number of para-hydroxylation sites is 1. The molecule has 6 nitrogen and oxygen atoms in total. The average molecular weight is 340 g/mol. The summed E-state index contributed by atoms with van der Waals surface area (Å²) in [6, 6.07) is 11.9. The summed E-state index contributed by atoms with van der Waals surface area (Å²) < 4.78 is 11.1. The Labute approximate surface area is 148 Å². The molecule has 1 atom stereocenters. The molecule has 0 fully saturated rings. The predicted molar refractivity (Wildman–Crippen MR) is 97.8 cm³/mol. The molecule has 1 aromatic heterocycles. The highest BCUT2D eigenvalue weighted by Gasteiger charge is 2.21. The standard InChI is InChI=1S/C19H24N4O2/c1-2-10-25-18-8-7-14(12-21-18)13-22-19(20)23-16-9-11-24-17-6-4-3-5-15(16)17/h3-8,12,16H,2,9-11,13H2,1H3,(H3,20,22,23). The van der Waals surface area contributed by atoms with Crippen LogP contribution in [0.25, 0.3) is 0 Å². The summed E-state index contributed by atoms with van der Waals surface area (Å²) in [5.74, 6) is 1.97. The van der Waals surface area contributed by atoms with Crippen molar-refractivity contribution in [2.45, 2.75) is 32.4 Å². The molecule has 0 saturated carbocycles. The van der Waals surface area contributed by atoms with Gasteiger partial charge in [-0.2, -0.15) is 0 Å². The van der Waals surface area contributed by atoms with E-state index in [1.807, 2.05) is 30.3 Å². The van der Waals surface area contributed by atoms with Crippen molar-refractivity contribution in [1.29, 1.82) is 0 Å². The van der Waals surface area contributed by atoms with Crippen LogP contribution in [0.15, 0.2) is 47.6 Å². The second-order valence-electron chi connectivity index (χ2n) is 5.93. The van der Waals surface area contributed by atoms with Gasteiger partial charge in [0.15, 0.2) is 5.96 Å². The minimum Gasteiger partial charge on any atom is -0.493 e. The first kappa shape index (κ1) is 17.1. The van der Waals surface area contributed by atoms with E-state index < -0.39 is 0 Å². The summed E-state index contributed by atoms with van der Waals surface area (Å²) in [6.07, 6.45) is 3.59. The number of benzene rings is 1. The van der Waals surface area contributed by atoms with Gasteiger partial charge in [-0.15, -0.1) is 0 Å². The topological polar surface area (TPSA) is 81.8 Å².